The van der Waals surface area contributed by atoms with E-state index in [1.807, 2.05) is 30.3 Å². The Balaban J connectivity index is 1.70. The molecule has 0 saturated carbocycles. The summed E-state index contributed by atoms with van der Waals surface area (Å²) in [5, 5.41) is 6.66. The zero-order valence-corrected chi connectivity index (χ0v) is 15.3. The molecule has 4 rings (SSSR count). The molecule has 0 aliphatic heterocycles. The van der Waals surface area contributed by atoms with Gasteiger partial charge in [-0.25, -0.2) is 9.97 Å². The van der Waals surface area contributed by atoms with Gasteiger partial charge in [-0.15, -0.1) is 11.3 Å². The quantitative estimate of drug-likeness (QED) is 0.512. The molecule has 0 spiro atoms. The zero-order valence-electron chi connectivity index (χ0n) is 14.4. The highest BCUT2D eigenvalue weighted by Crippen LogP contribution is 2.36. The van der Waals surface area contributed by atoms with Crippen LogP contribution >= 0.6 is 11.3 Å². The Morgan fingerprint density at radius 3 is 2.77 bits per heavy atom. The minimum absolute atomic E-state index is 0.390. The van der Waals surface area contributed by atoms with Crippen molar-refractivity contribution >= 4 is 27.4 Å². The molecule has 5 nitrogen and oxygen atoms in total. The highest BCUT2D eigenvalue weighted by molar-refractivity contribution is 7.17. The van der Waals surface area contributed by atoms with Crippen molar-refractivity contribution in [1.82, 2.24) is 9.97 Å². The highest BCUT2D eigenvalue weighted by atomic mass is 32.1. The highest BCUT2D eigenvalue weighted by Gasteiger charge is 2.15. The predicted molar refractivity (Wildman–Crippen MR) is 104 cm³/mol. The van der Waals surface area contributed by atoms with Gasteiger partial charge in [-0.1, -0.05) is 30.3 Å². The maximum atomic E-state index is 5.41. The Hall–Kier alpha value is -2.70. The van der Waals surface area contributed by atoms with Gasteiger partial charge in [0.1, 0.15) is 23.0 Å². The average molecular weight is 365 g/mol. The van der Waals surface area contributed by atoms with Crippen LogP contribution in [0.2, 0.25) is 0 Å². The molecule has 1 aromatic carbocycles. The van der Waals surface area contributed by atoms with Crippen molar-refractivity contribution in [1.29, 1.82) is 0 Å². The monoisotopic (exact) mass is 365 g/mol. The number of aromatic nitrogens is 2. The van der Waals surface area contributed by atoms with Crippen molar-refractivity contribution in [3.8, 4) is 11.1 Å². The van der Waals surface area contributed by atoms with Crippen LogP contribution in [-0.2, 0) is 17.8 Å². The molecular formula is C20H19N3O2S. The molecular weight excluding hydrogens is 346 g/mol. The second-order valence-electron chi connectivity index (χ2n) is 5.87. The predicted octanol–water partition coefficient (Wildman–Crippen LogP) is 4.75. The van der Waals surface area contributed by atoms with Crippen molar-refractivity contribution in [2.45, 2.75) is 13.0 Å². The Kier molecular flexibility index (Phi) is 4.95. The molecule has 0 radical (unpaired) electrons. The van der Waals surface area contributed by atoms with Gasteiger partial charge >= 0.3 is 0 Å². The van der Waals surface area contributed by atoms with Crippen LogP contribution in [-0.4, -0.2) is 23.6 Å². The van der Waals surface area contributed by atoms with Crippen molar-refractivity contribution in [2.24, 2.45) is 0 Å². The van der Waals surface area contributed by atoms with Crippen LogP contribution in [0.15, 0.2) is 58.5 Å². The van der Waals surface area contributed by atoms with Gasteiger partial charge in [-0.3, -0.25) is 0 Å². The van der Waals surface area contributed by atoms with Gasteiger partial charge < -0.3 is 14.5 Å². The summed E-state index contributed by atoms with van der Waals surface area (Å²) >= 11 is 1.63. The number of fused-ring (bicyclic) bond motifs is 1. The fourth-order valence-electron chi connectivity index (χ4n) is 2.90. The summed E-state index contributed by atoms with van der Waals surface area (Å²) in [5.41, 5.74) is 2.31. The van der Waals surface area contributed by atoms with E-state index >= 15 is 0 Å². The van der Waals surface area contributed by atoms with E-state index in [4.69, 9.17) is 14.1 Å². The van der Waals surface area contributed by atoms with Gasteiger partial charge in [0.2, 0.25) is 0 Å². The van der Waals surface area contributed by atoms with Gasteiger partial charge in [0.05, 0.1) is 11.6 Å². The van der Waals surface area contributed by atoms with Gasteiger partial charge in [0, 0.05) is 31.0 Å². The van der Waals surface area contributed by atoms with E-state index in [1.165, 1.54) is 0 Å². The third kappa shape index (κ3) is 3.47. The molecule has 3 heterocycles. The minimum atomic E-state index is 0.390. The summed E-state index contributed by atoms with van der Waals surface area (Å²) in [6, 6.07) is 14.2. The fraction of sp³-hybridized carbons (Fsp3) is 0.200. The Morgan fingerprint density at radius 1 is 1.12 bits per heavy atom. The van der Waals surface area contributed by atoms with Crippen LogP contribution in [0.1, 0.15) is 11.6 Å². The van der Waals surface area contributed by atoms with Crippen LogP contribution in [0.3, 0.4) is 0 Å². The molecule has 1 N–H and O–H groups in total. The SMILES string of the molecule is COCc1nc(NCCc2ccco2)c2c(-c3ccccc3)csc2n1. The molecule has 0 atom stereocenters. The number of nitrogens with zero attached hydrogens (tertiary/aromatic N) is 2. The van der Waals surface area contributed by atoms with E-state index in [0.29, 0.717) is 12.4 Å². The first kappa shape index (κ1) is 16.8. The number of anilines is 1. The van der Waals surface area contributed by atoms with Crippen molar-refractivity contribution < 1.29 is 9.15 Å². The van der Waals surface area contributed by atoms with Crippen LogP contribution in [0.4, 0.5) is 5.82 Å². The number of nitrogens with one attached hydrogen (secondary N) is 1. The first-order valence-electron chi connectivity index (χ1n) is 8.44. The van der Waals surface area contributed by atoms with Crippen molar-refractivity contribution in [3.05, 3.63) is 65.7 Å². The normalized spacial score (nSPS) is 11.1. The molecule has 132 valence electrons. The topological polar surface area (TPSA) is 60.2 Å². The van der Waals surface area contributed by atoms with Crippen LogP contribution in [0.5, 0.6) is 0 Å². The first-order valence-corrected chi connectivity index (χ1v) is 9.32. The number of hydrogen-bond acceptors (Lipinski definition) is 6. The smallest absolute Gasteiger partial charge is 0.158 e. The van der Waals surface area contributed by atoms with E-state index in [2.05, 4.69) is 27.8 Å². The summed E-state index contributed by atoms with van der Waals surface area (Å²) in [6.07, 6.45) is 2.49. The van der Waals surface area contributed by atoms with Crippen LogP contribution < -0.4 is 5.32 Å². The lowest BCUT2D eigenvalue weighted by molar-refractivity contribution is 0.178. The molecule has 3 aromatic heterocycles. The minimum Gasteiger partial charge on any atom is -0.469 e. The number of ether oxygens (including phenoxy) is 1. The maximum Gasteiger partial charge on any atom is 0.158 e. The van der Waals surface area contributed by atoms with Crippen molar-refractivity contribution in [3.63, 3.8) is 0 Å². The summed E-state index contributed by atoms with van der Waals surface area (Å²) in [7, 11) is 1.65. The molecule has 0 amide bonds. The zero-order chi connectivity index (χ0) is 17.8. The Morgan fingerprint density at radius 2 is 2.00 bits per heavy atom. The lowest BCUT2D eigenvalue weighted by Gasteiger charge is -2.10. The summed E-state index contributed by atoms with van der Waals surface area (Å²) < 4.78 is 10.6. The third-order valence-corrected chi connectivity index (χ3v) is 4.95. The van der Waals surface area contributed by atoms with E-state index in [9.17, 15) is 0 Å². The van der Waals surface area contributed by atoms with Gasteiger partial charge in [0.15, 0.2) is 5.82 Å². The second kappa shape index (κ2) is 7.68. The molecule has 0 aliphatic rings. The fourth-order valence-corrected chi connectivity index (χ4v) is 3.86. The molecule has 26 heavy (non-hydrogen) atoms. The molecule has 4 aromatic rings. The number of hydrogen-bond donors (Lipinski definition) is 1. The summed E-state index contributed by atoms with van der Waals surface area (Å²) in [4.78, 5) is 10.3. The number of rotatable bonds is 7. The summed E-state index contributed by atoms with van der Waals surface area (Å²) in [6.45, 7) is 1.12. The van der Waals surface area contributed by atoms with Gasteiger partial charge in [-0.05, 0) is 17.7 Å². The molecule has 6 heteroatoms. The summed E-state index contributed by atoms with van der Waals surface area (Å²) in [5.74, 6) is 2.48. The van der Waals surface area contributed by atoms with Gasteiger partial charge in [0.25, 0.3) is 0 Å². The molecule has 0 unspecified atom stereocenters. The lowest BCUT2D eigenvalue weighted by Crippen LogP contribution is -2.09. The molecule has 0 fully saturated rings. The van der Waals surface area contributed by atoms with Gasteiger partial charge in [-0.2, -0.15) is 0 Å². The molecule has 0 saturated heterocycles. The number of benzene rings is 1. The Labute approximate surface area is 155 Å². The maximum absolute atomic E-state index is 5.41. The number of methoxy groups -OCH3 is 1. The van der Waals surface area contributed by atoms with Crippen LogP contribution in [0, 0.1) is 0 Å². The van der Waals surface area contributed by atoms with E-state index in [1.54, 1.807) is 24.7 Å². The van der Waals surface area contributed by atoms with Crippen LogP contribution in [0.25, 0.3) is 21.3 Å². The third-order valence-electron chi connectivity index (χ3n) is 4.08. The lowest BCUT2D eigenvalue weighted by atomic mass is 10.1. The van der Waals surface area contributed by atoms with E-state index in [-0.39, 0.29) is 0 Å². The Bertz CT molecular complexity index is 981. The van der Waals surface area contributed by atoms with Crippen molar-refractivity contribution in [2.75, 3.05) is 19.0 Å². The number of furan rings is 1. The largest absolute Gasteiger partial charge is 0.469 e. The van der Waals surface area contributed by atoms with E-state index in [0.717, 1.165) is 45.9 Å². The second-order valence-corrected chi connectivity index (χ2v) is 6.73. The van der Waals surface area contributed by atoms with E-state index < -0.39 is 0 Å². The molecule has 0 aliphatic carbocycles. The number of thiophene rings is 1. The first-order chi connectivity index (χ1) is 12.8. The molecule has 0 bridgehead atoms. The average Bonchev–Trinajstić information content (AvgIpc) is 3.32. The standard InChI is InChI=1S/C20H19N3O2S/c1-24-12-17-22-19(21-10-9-15-8-5-11-25-15)18-16(13-26-20(18)23-17)14-6-3-2-4-7-14/h2-8,11,13H,9-10,12H2,1H3,(H,21,22,23).